The van der Waals surface area contributed by atoms with Gasteiger partial charge < -0.3 is 0 Å². The molecule has 3 rings (SSSR count). The molecule has 0 aliphatic carbocycles. The largest absolute Gasteiger partial charge is 0.287 e. The van der Waals surface area contributed by atoms with E-state index < -0.39 is 0 Å². The number of aromatic nitrogens is 2. The lowest BCUT2D eigenvalue weighted by atomic mass is 10.00. The van der Waals surface area contributed by atoms with Crippen molar-refractivity contribution in [3.05, 3.63) is 77.9 Å². The molecule has 0 unspecified atom stereocenters. The van der Waals surface area contributed by atoms with Crippen LogP contribution in [0.3, 0.4) is 0 Å². The number of rotatable bonds is 3. The zero-order valence-electron chi connectivity index (χ0n) is 10.5. The van der Waals surface area contributed by atoms with Crippen LogP contribution < -0.4 is 0 Å². The number of hydrogen-bond acceptors (Lipinski definition) is 2. The number of carbonyl (C=O) groups is 1. The molecule has 0 fully saturated rings. The van der Waals surface area contributed by atoms with E-state index in [2.05, 4.69) is 10.2 Å². The molecular formula is C16H11FN2O. The summed E-state index contributed by atoms with van der Waals surface area (Å²) in [7, 11) is 0. The van der Waals surface area contributed by atoms with E-state index in [1.54, 1.807) is 30.5 Å². The van der Waals surface area contributed by atoms with Gasteiger partial charge in [-0.25, -0.2) is 4.39 Å². The van der Waals surface area contributed by atoms with Crippen LogP contribution in [0.1, 0.15) is 16.1 Å². The first-order valence-electron chi connectivity index (χ1n) is 6.15. The third kappa shape index (κ3) is 2.23. The average Bonchev–Trinajstić information content (AvgIpc) is 3.02. The zero-order valence-corrected chi connectivity index (χ0v) is 10.5. The predicted octanol–water partition coefficient (Wildman–Crippen LogP) is 3.45. The molecule has 2 aromatic carbocycles. The van der Waals surface area contributed by atoms with E-state index in [0.717, 1.165) is 5.56 Å². The molecule has 0 aliphatic rings. The van der Waals surface area contributed by atoms with Gasteiger partial charge in [-0.3, -0.25) is 9.89 Å². The number of aromatic amines is 1. The van der Waals surface area contributed by atoms with Crippen molar-refractivity contribution in [3.63, 3.8) is 0 Å². The van der Waals surface area contributed by atoms with E-state index in [4.69, 9.17) is 0 Å². The quantitative estimate of drug-likeness (QED) is 0.738. The van der Waals surface area contributed by atoms with Crippen molar-refractivity contribution in [1.82, 2.24) is 10.2 Å². The maximum Gasteiger partial charge on any atom is 0.213 e. The second-order valence-electron chi connectivity index (χ2n) is 4.35. The third-order valence-electron chi connectivity index (χ3n) is 3.05. The Labute approximate surface area is 115 Å². The number of halogens is 1. The Morgan fingerprint density at radius 2 is 1.85 bits per heavy atom. The van der Waals surface area contributed by atoms with E-state index in [-0.39, 0.29) is 11.6 Å². The highest BCUT2D eigenvalue weighted by Gasteiger charge is 2.14. The first kappa shape index (κ1) is 12.3. The van der Waals surface area contributed by atoms with Gasteiger partial charge in [-0.15, -0.1) is 0 Å². The number of carbonyl (C=O) groups excluding carboxylic acids is 1. The monoisotopic (exact) mass is 266 g/mol. The molecule has 1 N–H and O–H groups in total. The number of ketones is 1. The maximum atomic E-state index is 13.9. The van der Waals surface area contributed by atoms with Crippen molar-refractivity contribution in [2.45, 2.75) is 0 Å². The molecule has 0 aliphatic heterocycles. The second-order valence-corrected chi connectivity index (χ2v) is 4.35. The molecule has 0 radical (unpaired) electrons. The molecular weight excluding hydrogens is 255 g/mol. The van der Waals surface area contributed by atoms with Crippen molar-refractivity contribution in [3.8, 4) is 11.1 Å². The Bertz CT molecular complexity index is 736. The van der Waals surface area contributed by atoms with Crippen molar-refractivity contribution >= 4 is 5.78 Å². The Morgan fingerprint density at radius 3 is 2.55 bits per heavy atom. The van der Waals surface area contributed by atoms with Gasteiger partial charge >= 0.3 is 0 Å². The first-order chi connectivity index (χ1) is 9.75. The van der Waals surface area contributed by atoms with Crippen molar-refractivity contribution in [1.29, 1.82) is 0 Å². The number of H-pyrrole nitrogens is 1. The summed E-state index contributed by atoms with van der Waals surface area (Å²) in [5, 5.41) is 6.44. The van der Waals surface area contributed by atoms with Crippen LogP contribution >= 0.6 is 0 Å². The van der Waals surface area contributed by atoms with Gasteiger partial charge in [-0.05, 0) is 29.8 Å². The van der Waals surface area contributed by atoms with Crippen molar-refractivity contribution < 1.29 is 9.18 Å². The SMILES string of the molecule is O=C(c1ccc(F)c(-c2ccccc2)c1)c1cc[nH]n1. The van der Waals surface area contributed by atoms with Gasteiger partial charge in [0.25, 0.3) is 0 Å². The van der Waals surface area contributed by atoms with Crippen LogP contribution in [-0.2, 0) is 0 Å². The van der Waals surface area contributed by atoms with Crippen LogP contribution in [0.2, 0.25) is 0 Å². The molecule has 20 heavy (non-hydrogen) atoms. The Balaban J connectivity index is 2.05. The van der Waals surface area contributed by atoms with Gasteiger partial charge in [0.1, 0.15) is 11.5 Å². The molecule has 1 aromatic heterocycles. The maximum absolute atomic E-state index is 13.9. The van der Waals surface area contributed by atoms with Gasteiger partial charge in [0.2, 0.25) is 5.78 Å². The topological polar surface area (TPSA) is 45.8 Å². The molecule has 0 bridgehead atoms. The third-order valence-corrected chi connectivity index (χ3v) is 3.05. The van der Waals surface area contributed by atoms with Gasteiger partial charge in [0, 0.05) is 17.3 Å². The van der Waals surface area contributed by atoms with E-state index in [1.165, 1.54) is 12.1 Å². The van der Waals surface area contributed by atoms with E-state index in [9.17, 15) is 9.18 Å². The Kier molecular flexibility index (Phi) is 3.13. The Morgan fingerprint density at radius 1 is 1.05 bits per heavy atom. The fourth-order valence-corrected chi connectivity index (χ4v) is 2.04. The average molecular weight is 266 g/mol. The number of hydrogen-bond donors (Lipinski definition) is 1. The summed E-state index contributed by atoms with van der Waals surface area (Å²) in [5.41, 5.74) is 1.88. The smallest absolute Gasteiger partial charge is 0.213 e. The van der Waals surface area contributed by atoms with Gasteiger partial charge in [0.05, 0.1) is 0 Å². The van der Waals surface area contributed by atoms with E-state index >= 15 is 0 Å². The van der Waals surface area contributed by atoms with Crippen LogP contribution in [0.25, 0.3) is 11.1 Å². The van der Waals surface area contributed by atoms with Crippen molar-refractivity contribution in [2.24, 2.45) is 0 Å². The second kappa shape index (κ2) is 5.09. The zero-order chi connectivity index (χ0) is 13.9. The first-order valence-corrected chi connectivity index (χ1v) is 6.15. The number of nitrogens with zero attached hydrogens (tertiary/aromatic N) is 1. The highest BCUT2D eigenvalue weighted by atomic mass is 19.1. The molecule has 98 valence electrons. The van der Waals surface area contributed by atoms with Gasteiger partial charge in [-0.2, -0.15) is 5.10 Å². The lowest BCUT2D eigenvalue weighted by Crippen LogP contribution is -2.02. The molecule has 0 saturated carbocycles. The van der Waals surface area contributed by atoms with Crippen LogP contribution in [0, 0.1) is 5.82 Å². The van der Waals surface area contributed by atoms with Crippen LogP contribution in [0.5, 0.6) is 0 Å². The summed E-state index contributed by atoms with van der Waals surface area (Å²) in [6, 6.07) is 15.1. The highest BCUT2D eigenvalue weighted by molar-refractivity contribution is 6.08. The molecule has 4 heteroatoms. The normalized spacial score (nSPS) is 10.4. The minimum atomic E-state index is -0.352. The van der Waals surface area contributed by atoms with Crippen LogP contribution in [-0.4, -0.2) is 16.0 Å². The van der Waals surface area contributed by atoms with Crippen molar-refractivity contribution in [2.75, 3.05) is 0 Å². The molecule has 3 nitrogen and oxygen atoms in total. The van der Waals surface area contributed by atoms with E-state index in [1.807, 2.05) is 18.2 Å². The summed E-state index contributed by atoms with van der Waals surface area (Å²) < 4.78 is 13.9. The minimum absolute atomic E-state index is 0.233. The Hall–Kier alpha value is -2.75. The molecule has 1 heterocycles. The number of benzene rings is 2. The molecule has 0 amide bonds. The lowest BCUT2D eigenvalue weighted by molar-refractivity contribution is 0.103. The predicted molar refractivity (Wildman–Crippen MR) is 73.9 cm³/mol. The van der Waals surface area contributed by atoms with Crippen LogP contribution in [0.15, 0.2) is 60.8 Å². The fourth-order valence-electron chi connectivity index (χ4n) is 2.04. The lowest BCUT2D eigenvalue weighted by Gasteiger charge is -2.05. The van der Waals surface area contributed by atoms with Gasteiger partial charge in [-0.1, -0.05) is 30.3 Å². The van der Waals surface area contributed by atoms with Crippen LogP contribution in [0.4, 0.5) is 4.39 Å². The van der Waals surface area contributed by atoms with E-state index in [0.29, 0.717) is 16.8 Å². The fraction of sp³-hybridized carbons (Fsp3) is 0. The molecule has 0 atom stereocenters. The number of nitrogens with one attached hydrogen (secondary N) is 1. The summed E-state index contributed by atoms with van der Waals surface area (Å²) in [5.74, 6) is -0.585. The molecule has 0 saturated heterocycles. The standard InChI is InChI=1S/C16H11FN2O/c17-14-7-6-12(16(20)15-8-9-18-19-15)10-13(14)11-4-2-1-3-5-11/h1-10H,(H,18,19). The summed E-state index contributed by atoms with van der Waals surface area (Å²) in [6.07, 6.45) is 1.58. The van der Waals surface area contributed by atoms with Gasteiger partial charge in [0.15, 0.2) is 0 Å². The highest BCUT2D eigenvalue weighted by Crippen LogP contribution is 2.24. The summed E-state index contributed by atoms with van der Waals surface area (Å²) in [4.78, 5) is 12.2. The minimum Gasteiger partial charge on any atom is -0.287 e. The summed E-state index contributed by atoms with van der Waals surface area (Å²) in [6.45, 7) is 0. The summed E-state index contributed by atoms with van der Waals surface area (Å²) >= 11 is 0. The molecule has 3 aromatic rings. The molecule has 0 spiro atoms.